The second-order valence-corrected chi connectivity index (χ2v) is 5.42. The average Bonchev–Trinajstić information content (AvgIpc) is 2.66. The van der Waals surface area contributed by atoms with Crippen LogP contribution in [0.25, 0.3) is 0 Å². The molecule has 0 saturated carbocycles. The number of benzene rings is 2. The first-order valence-electron chi connectivity index (χ1n) is 7.50. The molecule has 12 heteroatoms. The molecule has 2 aromatic rings. The SMILES string of the molecule is Br.O=C(O)c1ccc(C(=O)OC(=O)c2ccc(C(=O)O)cc2C(=O)O)c(C(=O)O)c1. The van der Waals surface area contributed by atoms with Crippen molar-refractivity contribution in [2.24, 2.45) is 0 Å². The number of carbonyl (C=O) groups is 6. The lowest BCUT2D eigenvalue weighted by atomic mass is 10.0. The summed E-state index contributed by atoms with van der Waals surface area (Å²) in [6.45, 7) is 0. The van der Waals surface area contributed by atoms with E-state index in [-0.39, 0.29) is 17.0 Å². The molecule has 0 heterocycles. The fourth-order valence-corrected chi connectivity index (χ4v) is 2.26. The Labute approximate surface area is 176 Å². The second kappa shape index (κ2) is 9.43. The maximum absolute atomic E-state index is 12.2. The van der Waals surface area contributed by atoms with Crippen LogP contribution in [0.15, 0.2) is 36.4 Å². The minimum Gasteiger partial charge on any atom is -0.478 e. The maximum atomic E-state index is 12.2. The molecule has 0 spiro atoms. The molecular formula is C18H11BrO11. The summed E-state index contributed by atoms with van der Waals surface area (Å²) >= 11 is 0. The molecule has 0 aromatic heterocycles. The Balaban J connectivity index is 0.00000450. The van der Waals surface area contributed by atoms with Gasteiger partial charge in [0.1, 0.15) is 0 Å². The molecule has 0 saturated heterocycles. The Bertz CT molecular complexity index is 1000. The third kappa shape index (κ3) is 5.05. The molecule has 0 unspecified atom stereocenters. The molecule has 0 atom stereocenters. The maximum Gasteiger partial charge on any atom is 0.346 e. The van der Waals surface area contributed by atoms with Crippen molar-refractivity contribution >= 4 is 52.8 Å². The molecule has 2 aromatic carbocycles. The predicted octanol–water partition coefficient (Wildman–Crippen LogP) is 2.05. The minimum atomic E-state index is -1.66. The Kier molecular flexibility index (Phi) is 7.53. The zero-order valence-electron chi connectivity index (χ0n) is 14.5. The lowest BCUT2D eigenvalue weighted by Gasteiger charge is -2.09. The normalized spacial score (nSPS) is 9.73. The van der Waals surface area contributed by atoms with Crippen molar-refractivity contribution < 1.29 is 53.9 Å². The summed E-state index contributed by atoms with van der Waals surface area (Å²) in [5.74, 6) is -9.17. The van der Waals surface area contributed by atoms with E-state index in [4.69, 9.17) is 20.4 Å². The van der Waals surface area contributed by atoms with Crippen LogP contribution in [-0.2, 0) is 4.74 Å². The summed E-state index contributed by atoms with van der Waals surface area (Å²) in [5.41, 5.74) is -3.64. The molecule has 30 heavy (non-hydrogen) atoms. The van der Waals surface area contributed by atoms with Crippen LogP contribution in [0.4, 0.5) is 0 Å². The number of ether oxygens (including phenoxy) is 1. The molecule has 0 aliphatic rings. The summed E-state index contributed by atoms with van der Waals surface area (Å²) < 4.78 is 4.51. The van der Waals surface area contributed by atoms with Gasteiger partial charge in [0, 0.05) is 0 Å². The van der Waals surface area contributed by atoms with Crippen molar-refractivity contribution in [3.8, 4) is 0 Å². The minimum absolute atomic E-state index is 0. The first-order chi connectivity index (χ1) is 13.5. The van der Waals surface area contributed by atoms with Gasteiger partial charge in [0.15, 0.2) is 0 Å². The first-order valence-corrected chi connectivity index (χ1v) is 7.50. The van der Waals surface area contributed by atoms with Crippen molar-refractivity contribution in [1.29, 1.82) is 0 Å². The molecule has 0 aliphatic heterocycles. The molecule has 4 N–H and O–H groups in total. The highest BCUT2D eigenvalue weighted by Gasteiger charge is 2.26. The number of esters is 2. The summed E-state index contributed by atoms with van der Waals surface area (Å²) in [4.78, 5) is 68.8. The van der Waals surface area contributed by atoms with E-state index in [1.54, 1.807) is 0 Å². The molecule has 11 nitrogen and oxygen atoms in total. The molecular weight excluding hydrogens is 472 g/mol. The van der Waals surface area contributed by atoms with E-state index in [9.17, 15) is 28.8 Å². The van der Waals surface area contributed by atoms with Crippen LogP contribution in [0.1, 0.15) is 62.1 Å². The van der Waals surface area contributed by atoms with Gasteiger partial charge in [-0.2, -0.15) is 0 Å². The van der Waals surface area contributed by atoms with E-state index in [0.29, 0.717) is 12.1 Å². The zero-order chi connectivity index (χ0) is 21.9. The van der Waals surface area contributed by atoms with E-state index >= 15 is 0 Å². The third-order valence-corrected chi connectivity index (χ3v) is 3.62. The highest BCUT2D eigenvalue weighted by molar-refractivity contribution is 8.93. The molecule has 0 fully saturated rings. The van der Waals surface area contributed by atoms with E-state index in [1.807, 2.05) is 0 Å². The molecule has 2 rings (SSSR count). The number of carboxylic acids is 4. The molecule has 0 amide bonds. The van der Waals surface area contributed by atoms with Gasteiger partial charge in [-0.25, -0.2) is 28.8 Å². The van der Waals surface area contributed by atoms with E-state index in [2.05, 4.69) is 4.74 Å². The van der Waals surface area contributed by atoms with Crippen LogP contribution in [0.5, 0.6) is 0 Å². The summed E-state index contributed by atoms with van der Waals surface area (Å²) in [7, 11) is 0. The summed E-state index contributed by atoms with van der Waals surface area (Å²) in [5, 5.41) is 36.1. The number of halogens is 1. The van der Waals surface area contributed by atoms with Crippen LogP contribution in [0.2, 0.25) is 0 Å². The smallest absolute Gasteiger partial charge is 0.346 e. The van der Waals surface area contributed by atoms with Crippen LogP contribution in [0, 0.1) is 0 Å². The summed E-state index contributed by atoms with van der Waals surface area (Å²) in [6, 6.07) is 4.87. The van der Waals surface area contributed by atoms with E-state index < -0.39 is 69.2 Å². The van der Waals surface area contributed by atoms with Crippen molar-refractivity contribution in [1.82, 2.24) is 0 Å². The van der Waals surface area contributed by atoms with E-state index in [1.165, 1.54) is 0 Å². The van der Waals surface area contributed by atoms with Gasteiger partial charge in [-0.3, -0.25) is 0 Å². The van der Waals surface area contributed by atoms with Gasteiger partial charge in [0.2, 0.25) is 0 Å². The van der Waals surface area contributed by atoms with Crippen molar-refractivity contribution in [3.05, 3.63) is 69.8 Å². The number of aromatic carboxylic acids is 4. The van der Waals surface area contributed by atoms with Crippen LogP contribution in [-0.4, -0.2) is 56.2 Å². The van der Waals surface area contributed by atoms with Crippen LogP contribution in [0.3, 0.4) is 0 Å². The third-order valence-electron chi connectivity index (χ3n) is 3.62. The highest BCUT2D eigenvalue weighted by atomic mass is 79.9. The lowest BCUT2D eigenvalue weighted by Crippen LogP contribution is -2.19. The van der Waals surface area contributed by atoms with Gasteiger partial charge in [0.05, 0.1) is 33.4 Å². The zero-order valence-corrected chi connectivity index (χ0v) is 16.2. The van der Waals surface area contributed by atoms with Crippen molar-refractivity contribution in [2.75, 3.05) is 0 Å². The molecule has 0 bridgehead atoms. The Hall–Kier alpha value is -4.06. The van der Waals surface area contributed by atoms with Gasteiger partial charge in [-0.15, -0.1) is 17.0 Å². The van der Waals surface area contributed by atoms with Gasteiger partial charge in [0.25, 0.3) is 0 Å². The Morgan fingerprint density at radius 3 is 1.13 bits per heavy atom. The van der Waals surface area contributed by atoms with E-state index in [0.717, 1.165) is 24.3 Å². The van der Waals surface area contributed by atoms with Gasteiger partial charge in [-0.05, 0) is 36.4 Å². The second-order valence-electron chi connectivity index (χ2n) is 5.42. The summed E-state index contributed by atoms with van der Waals surface area (Å²) in [6.07, 6.45) is 0. The van der Waals surface area contributed by atoms with Crippen molar-refractivity contribution in [2.45, 2.75) is 0 Å². The van der Waals surface area contributed by atoms with Crippen molar-refractivity contribution in [3.63, 3.8) is 0 Å². The fraction of sp³-hybridized carbons (Fsp3) is 0. The lowest BCUT2D eigenvalue weighted by molar-refractivity contribution is 0.0385. The first kappa shape index (κ1) is 24.0. The van der Waals surface area contributed by atoms with Gasteiger partial charge in [-0.1, -0.05) is 0 Å². The quantitative estimate of drug-likeness (QED) is 0.347. The van der Waals surface area contributed by atoms with Crippen LogP contribution < -0.4 is 0 Å². The number of hydrogen-bond acceptors (Lipinski definition) is 7. The number of carboxylic acid groups (broad SMARTS) is 4. The van der Waals surface area contributed by atoms with Gasteiger partial charge < -0.3 is 25.2 Å². The van der Waals surface area contributed by atoms with Gasteiger partial charge >= 0.3 is 35.8 Å². The highest BCUT2D eigenvalue weighted by Crippen LogP contribution is 2.18. The fourth-order valence-electron chi connectivity index (χ4n) is 2.26. The predicted molar refractivity (Wildman–Crippen MR) is 101 cm³/mol. The number of carbonyl (C=O) groups excluding carboxylic acids is 2. The standard InChI is InChI=1S/C18H10O11.BrH/c19-13(20)7-1-3-9(11(5-7)15(23)24)17(27)29-18(28)10-4-2-8(14(21)22)6-12(10)16(25)26;/h1-6H,(H,19,20)(H,21,22)(H,23,24)(H,25,26);1H. The average molecular weight is 483 g/mol. The molecule has 0 aliphatic carbocycles. The monoisotopic (exact) mass is 482 g/mol. The number of hydrogen-bond donors (Lipinski definition) is 4. The molecule has 0 radical (unpaired) electrons. The van der Waals surface area contributed by atoms with Crippen LogP contribution >= 0.6 is 17.0 Å². The Morgan fingerprint density at radius 1 is 0.533 bits per heavy atom. The Morgan fingerprint density at radius 2 is 0.867 bits per heavy atom. The topological polar surface area (TPSA) is 193 Å². The largest absolute Gasteiger partial charge is 0.478 e. The number of rotatable bonds is 6. The molecule has 156 valence electrons.